The Morgan fingerprint density at radius 1 is 1.24 bits per heavy atom. The molecule has 0 aliphatic carbocycles. The first-order valence-corrected chi connectivity index (χ1v) is 12.3. The fraction of sp³-hybridized carbons (Fsp3) is 0.429. The van der Waals surface area contributed by atoms with E-state index in [0.29, 0.717) is 28.6 Å². The number of hydrogen-bond donors (Lipinski definition) is 1. The minimum atomic E-state index is -0.633. The zero-order chi connectivity index (χ0) is 23.9. The van der Waals surface area contributed by atoms with Gasteiger partial charge in [0.15, 0.2) is 0 Å². The molecule has 0 bridgehead atoms. The Morgan fingerprint density at radius 2 is 2.09 bits per heavy atom. The Bertz CT molecular complexity index is 1170. The van der Waals surface area contributed by atoms with Crippen molar-refractivity contribution in [1.29, 1.82) is 0 Å². The first-order valence-electron chi connectivity index (χ1n) is 12.3. The number of hydrogen-bond acceptors (Lipinski definition) is 4. The van der Waals surface area contributed by atoms with Crippen molar-refractivity contribution in [2.45, 2.75) is 64.5 Å². The highest BCUT2D eigenvalue weighted by Gasteiger charge is 2.38. The highest BCUT2D eigenvalue weighted by Crippen LogP contribution is 2.44. The number of nitrogens with one attached hydrogen (secondary N) is 1. The fourth-order valence-corrected chi connectivity index (χ4v) is 5.29. The number of fused-ring (bicyclic) bond motifs is 1. The molecule has 1 saturated heterocycles. The SMILES string of the molecule is CC1CCCCN1CCCc1ccc(C2=C/C(=C3\C(=O)Nc4ccc(F)cc43)OC2(C)C)cn1. The van der Waals surface area contributed by atoms with E-state index in [1.807, 2.05) is 26.1 Å². The predicted molar refractivity (Wildman–Crippen MR) is 133 cm³/mol. The van der Waals surface area contributed by atoms with Crippen LogP contribution >= 0.6 is 0 Å². The van der Waals surface area contributed by atoms with Crippen LogP contribution in [0.4, 0.5) is 10.1 Å². The minimum Gasteiger partial charge on any atom is -0.482 e. The van der Waals surface area contributed by atoms with Crippen molar-refractivity contribution in [2.75, 3.05) is 18.4 Å². The van der Waals surface area contributed by atoms with Gasteiger partial charge in [-0.3, -0.25) is 9.78 Å². The minimum absolute atomic E-state index is 0.277. The Labute approximate surface area is 200 Å². The second-order valence-electron chi connectivity index (χ2n) is 10.1. The number of allylic oxidation sites excluding steroid dienone is 1. The molecule has 5 nitrogen and oxygen atoms in total. The number of nitrogens with zero attached hydrogens (tertiary/aromatic N) is 2. The molecule has 4 heterocycles. The van der Waals surface area contributed by atoms with Crippen LogP contribution in [0.1, 0.15) is 63.3 Å². The number of ether oxygens (including phenoxy) is 1. The van der Waals surface area contributed by atoms with Gasteiger partial charge in [-0.2, -0.15) is 0 Å². The van der Waals surface area contributed by atoms with E-state index in [0.717, 1.165) is 36.2 Å². The summed E-state index contributed by atoms with van der Waals surface area (Å²) < 4.78 is 20.1. The summed E-state index contributed by atoms with van der Waals surface area (Å²) in [6.45, 7) is 8.61. The Kier molecular flexibility index (Phi) is 6.02. The lowest BCUT2D eigenvalue weighted by atomic mass is 9.93. The molecule has 1 aromatic carbocycles. The molecule has 5 rings (SSSR count). The normalized spacial score (nSPS) is 23.9. The van der Waals surface area contributed by atoms with Gasteiger partial charge in [0.25, 0.3) is 5.91 Å². The van der Waals surface area contributed by atoms with Gasteiger partial charge in [-0.05, 0) is 89.9 Å². The molecule has 3 aliphatic rings. The molecule has 0 radical (unpaired) electrons. The quantitative estimate of drug-likeness (QED) is 0.591. The van der Waals surface area contributed by atoms with E-state index in [2.05, 4.69) is 29.3 Å². The topological polar surface area (TPSA) is 54.5 Å². The predicted octanol–water partition coefficient (Wildman–Crippen LogP) is 5.58. The molecule has 0 spiro atoms. The smallest absolute Gasteiger partial charge is 0.260 e. The van der Waals surface area contributed by atoms with Crippen LogP contribution in [0.15, 0.2) is 48.4 Å². The van der Waals surface area contributed by atoms with Crippen molar-refractivity contribution in [3.63, 3.8) is 0 Å². The average molecular weight is 462 g/mol. The highest BCUT2D eigenvalue weighted by atomic mass is 19.1. The maximum Gasteiger partial charge on any atom is 0.260 e. The van der Waals surface area contributed by atoms with E-state index in [-0.39, 0.29) is 11.7 Å². The first kappa shape index (κ1) is 22.8. The number of carbonyl (C=O) groups excluding carboxylic acids is 1. The van der Waals surface area contributed by atoms with E-state index in [1.54, 1.807) is 6.07 Å². The summed E-state index contributed by atoms with van der Waals surface area (Å²) in [6, 6.07) is 9.15. The number of amides is 1. The summed E-state index contributed by atoms with van der Waals surface area (Å²) in [4.78, 5) is 20.0. The van der Waals surface area contributed by atoms with Crippen molar-refractivity contribution in [2.24, 2.45) is 0 Å². The number of piperidine rings is 1. The van der Waals surface area contributed by atoms with Crippen LogP contribution in [0.3, 0.4) is 0 Å². The van der Waals surface area contributed by atoms with Crippen molar-refractivity contribution < 1.29 is 13.9 Å². The van der Waals surface area contributed by atoms with E-state index in [9.17, 15) is 9.18 Å². The average Bonchev–Trinajstić information content (AvgIpc) is 3.29. The molecule has 2 aromatic rings. The second-order valence-corrected chi connectivity index (χ2v) is 10.1. The molecule has 6 heteroatoms. The van der Waals surface area contributed by atoms with E-state index < -0.39 is 5.60 Å². The van der Waals surface area contributed by atoms with Crippen molar-refractivity contribution in [3.05, 3.63) is 71.0 Å². The lowest BCUT2D eigenvalue weighted by Gasteiger charge is -2.33. The number of halogens is 1. The van der Waals surface area contributed by atoms with E-state index in [1.165, 1.54) is 37.9 Å². The van der Waals surface area contributed by atoms with E-state index in [4.69, 9.17) is 9.72 Å². The molecule has 1 N–H and O–H groups in total. The molecule has 178 valence electrons. The van der Waals surface area contributed by atoms with Gasteiger partial charge in [0, 0.05) is 40.3 Å². The van der Waals surface area contributed by atoms with Gasteiger partial charge in [-0.1, -0.05) is 12.5 Å². The number of aryl methyl sites for hydroxylation is 1. The Balaban J connectivity index is 1.33. The molecule has 0 saturated carbocycles. The van der Waals surface area contributed by atoms with Crippen LogP contribution in [0.25, 0.3) is 11.1 Å². The third-order valence-corrected chi connectivity index (χ3v) is 7.22. The van der Waals surface area contributed by atoms with Crippen LogP contribution in [-0.2, 0) is 16.0 Å². The molecule has 1 aromatic heterocycles. The van der Waals surface area contributed by atoms with Crippen LogP contribution in [0, 0.1) is 5.82 Å². The Hall–Kier alpha value is -2.99. The first-order chi connectivity index (χ1) is 16.3. The molecular formula is C28H32FN3O2. The summed E-state index contributed by atoms with van der Waals surface area (Å²) in [5, 5.41) is 2.80. The summed E-state index contributed by atoms with van der Waals surface area (Å²) >= 11 is 0. The zero-order valence-corrected chi connectivity index (χ0v) is 20.2. The number of carbonyl (C=O) groups is 1. The highest BCUT2D eigenvalue weighted by molar-refractivity contribution is 6.32. The number of rotatable bonds is 5. The molecule has 1 amide bonds. The maximum absolute atomic E-state index is 13.9. The van der Waals surface area contributed by atoms with Gasteiger partial charge < -0.3 is 15.0 Å². The lowest BCUT2D eigenvalue weighted by Crippen LogP contribution is -2.38. The number of likely N-dealkylation sites (tertiary alicyclic amines) is 1. The van der Waals surface area contributed by atoms with Crippen LogP contribution in [0.2, 0.25) is 0 Å². The van der Waals surface area contributed by atoms with Gasteiger partial charge >= 0.3 is 0 Å². The van der Waals surface area contributed by atoms with Crippen molar-refractivity contribution in [1.82, 2.24) is 9.88 Å². The molecular weight excluding hydrogens is 429 g/mol. The monoisotopic (exact) mass is 461 g/mol. The molecule has 3 aliphatic heterocycles. The number of benzene rings is 1. The molecule has 1 atom stereocenters. The van der Waals surface area contributed by atoms with Crippen LogP contribution in [0.5, 0.6) is 0 Å². The van der Waals surface area contributed by atoms with Crippen LogP contribution in [-0.4, -0.2) is 40.5 Å². The Morgan fingerprint density at radius 3 is 2.85 bits per heavy atom. The van der Waals surface area contributed by atoms with Gasteiger partial charge in [-0.15, -0.1) is 0 Å². The van der Waals surface area contributed by atoms with Gasteiger partial charge in [0.05, 0.1) is 5.57 Å². The molecule has 1 fully saturated rings. The van der Waals surface area contributed by atoms with E-state index >= 15 is 0 Å². The van der Waals surface area contributed by atoms with Gasteiger partial charge in [-0.25, -0.2) is 4.39 Å². The number of aromatic nitrogens is 1. The third-order valence-electron chi connectivity index (χ3n) is 7.22. The maximum atomic E-state index is 13.9. The second kappa shape index (κ2) is 8.99. The fourth-order valence-electron chi connectivity index (χ4n) is 5.29. The van der Waals surface area contributed by atoms with Crippen molar-refractivity contribution >= 4 is 22.7 Å². The van der Waals surface area contributed by atoms with Crippen molar-refractivity contribution in [3.8, 4) is 0 Å². The third kappa shape index (κ3) is 4.39. The lowest BCUT2D eigenvalue weighted by molar-refractivity contribution is -0.111. The summed E-state index contributed by atoms with van der Waals surface area (Å²) in [5.74, 6) is -0.202. The summed E-state index contributed by atoms with van der Waals surface area (Å²) in [7, 11) is 0. The van der Waals surface area contributed by atoms with Gasteiger partial charge in [0.2, 0.25) is 0 Å². The number of anilines is 1. The van der Waals surface area contributed by atoms with Gasteiger partial charge in [0.1, 0.15) is 17.2 Å². The standard InChI is InChI=1S/C28H32FN3O2/c1-18-7-4-5-13-32(18)14-6-8-21-11-9-19(17-30-21)23-16-25(34-28(23,2)3)26-22-15-20(29)10-12-24(22)31-27(26)33/h9-12,15-18H,4-8,13-14H2,1-3H3,(H,31,33)/b26-25+. The molecule has 1 unspecified atom stereocenters. The number of pyridine rings is 1. The summed E-state index contributed by atoms with van der Waals surface area (Å²) in [6.07, 6.45) is 9.82. The summed E-state index contributed by atoms with van der Waals surface area (Å²) in [5.41, 5.74) is 3.87. The van der Waals surface area contributed by atoms with Crippen LogP contribution < -0.4 is 5.32 Å². The molecule has 34 heavy (non-hydrogen) atoms. The largest absolute Gasteiger partial charge is 0.482 e. The zero-order valence-electron chi connectivity index (χ0n) is 20.2.